The van der Waals surface area contributed by atoms with Crippen LogP contribution in [0.1, 0.15) is 21.6 Å². The molecule has 0 unspecified atom stereocenters. The van der Waals surface area contributed by atoms with Crippen LogP contribution in [0.3, 0.4) is 0 Å². The topological polar surface area (TPSA) is 80.3 Å². The first kappa shape index (κ1) is 19.1. The number of hydrogen-bond donors (Lipinski definition) is 2. The van der Waals surface area contributed by atoms with Gasteiger partial charge in [0.05, 0.1) is 24.8 Å². The van der Waals surface area contributed by atoms with E-state index in [1.165, 1.54) is 22.7 Å². The van der Waals surface area contributed by atoms with Gasteiger partial charge in [0.15, 0.2) is 5.13 Å². The molecule has 2 amide bonds. The molecule has 8 heteroatoms. The number of anilines is 1. The van der Waals surface area contributed by atoms with E-state index in [-0.39, 0.29) is 18.2 Å². The van der Waals surface area contributed by atoms with E-state index in [9.17, 15) is 9.59 Å². The Morgan fingerprint density at radius 2 is 2.11 bits per heavy atom. The summed E-state index contributed by atoms with van der Waals surface area (Å²) in [6.07, 6.45) is 0.908. The third kappa shape index (κ3) is 5.63. The largest absolute Gasteiger partial charge is 0.497 e. The molecule has 2 aromatic heterocycles. The highest BCUT2D eigenvalue weighted by Gasteiger charge is 2.11. The van der Waals surface area contributed by atoms with Crippen molar-refractivity contribution in [3.8, 4) is 5.75 Å². The van der Waals surface area contributed by atoms with Crippen LogP contribution in [0.25, 0.3) is 0 Å². The van der Waals surface area contributed by atoms with Crippen molar-refractivity contribution < 1.29 is 14.3 Å². The summed E-state index contributed by atoms with van der Waals surface area (Å²) in [6.45, 7) is 0.540. The second kappa shape index (κ2) is 9.29. The van der Waals surface area contributed by atoms with Gasteiger partial charge in [-0.3, -0.25) is 14.9 Å². The minimum absolute atomic E-state index is 0.0982. The molecule has 0 aliphatic carbocycles. The van der Waals surface area contributed by atoms with Gasteiger partial charge in [-0.2, -0.15) is 11.3 Å². The lowest BCUT2D eigenvalue weighted by Gasteiger charge is -2.06. The Labute approximate surface area is 165 Å². The molecule has 2 heterocycles. The van der Waals surface area contributed by atoms with Gasteiger partial charge in [-0.1, -0.05) is 12.1 Å². The van der Waals surface area contributed by atoms with Gasteiger partial charge in [-0.25, -0.2) is 4.98 Å². The highest BCUT2D eigenvalue weighted by Crippen LogP contribution is 2.18. The number of hydrogen-bond acceptors (Lipinski definition) is 6. The molecular weight excluding hydrogens is 382 g/mol. The third-order valence-corrected chi connectivity index (χ3v) is 5.26. The van der Waals surface area contributed by atoms with Crippen LogP contribution >= 0.6 is 22.7 Å². The number of aromatic nitrogens is 1. The molecule has 6 nitrogen and oxygen atoms in total. The molecule has 0 aliphatic heterocycles. The van der Waals surface area contributed by atoms with Crippen LogP contribution in [-0.4, -0.2) is 30.5 Å². The molecule has 0 radical (unpaired) electrons. The molecule has 0 saturated carbocycles. The van der Waals surface area contributed by atoms with Gasteiger partial charge in [0.2, 0.25) is 5.91 Å². The Morgan fingerprint density at radius 1 is 1.22 bits per heavy atom. The number of rotatable bonds is 8. The highest BCUT2D eigenvalue weighted by atomic mass is 32.1. The molecule has 0 fully saturated rings. The molecule has 2 N–H and O–H groups in total. The highest BCUT2D eigenvalue weighted by molar-refractivity contribution is 7.14. The zero-order valence-electron chi connectivity index (χ0n) is 14.7. The average Bonchev–Trinajstić information content (AvgIpc) is 3.34. The summed E-state index contributed by atoms with van der Waals surface area (Å²) < 4.78 is 5.19. The number of thiophene rings is 1. The van der Waals surface area contributed by atoms with Crippen molar-refractivity contribution in [3.05, 3.63) is 63.3 Å². The summed E-state index contributed by atoms with van der Waals surface area (Å²) in [5, 5.41) is 11.5. The van der Waals surface area contributed by atoms with Crippen molar-refractivity contribution in [2.45, 2.75) is 12.8 Å². The summed E-state index contributed by atoms with van der Waals surface area (Å²) >= 11 is 2.77. The fraction of sp³-hybridized carbons (Fsp3) is 0.211. The van der Waals surface area contributed by atoms with Crippen molar-refractivity contribution in [3.63, 3.8) is 0 Å². The number of amides is 2. The maximum absolute atomic E-state index is 12.1. The van der Waals surface area contributed by atoms with Crippen molar-refractivity contribution in [1.29, 1.82) is 0 Å². The summed E-state index contributed by atoms with van der Waals surface area (Å²) in [7, 11) is 1.63. The van der Waals surface area contributed by atoms with E-state index in [1.807, 2.05) is 29.6 Å². The number of nitrogens with one attached hydrogen (secondary N) is 2. The minimum Gasteiger partial charge on any atom is -0.497 e. The van der Waals surface area contributed by atoms with E-state index in [0.29, 0.717) is 22.9 Å². The molecule has 3 rings (SSSR count). The monoisotopic (exact) mass is 401 g/mol. The summed E-state index contributed by atoms with van der Waals surface area (Å²) in [4.78, 5) is 28.4. The molecular formula is C19H19N3O3S2. The van der Waals surface area contributed by atoms with E-state index in [0.717, 1.165) is 17.7 Å². The van der Waals surface area contributed by atoms with Crippen molar-refractivity contribution in [1.82, 2.24) is 10.3 Å². The smallest absolute Gasteiger partial charge is 0.258 e. The van der Waals surface area contributed by atoms with Crippen molar-refractivity contribution >= 4 is 39.6 Å². The van der Waals surface area contributed by atoms with Gasteiger partial charge in [0, 0.05) is 17.3 Å². The Bertz CT molecular complexity index is 907. The fourth-order valence-electron chi connectivity index (χ4n) is 2.41. The van der Waals surface area contributed by atoms with E-state index in [1.54, 1.807) is 23.9 Å². The third-order valence-electron chi connectivity index (χ3n) is 3.77. The fourth-order valence-corrected chi connectivity index (χ4v) is 3.75. The van der Waals surface area contributed by atoms with Gasteiger partial charge in [0.25, 0.3) is 5.91 Å². The lowest BCUT2D eigenvalue weighted by molar-refractivity contribution is -0.120. The number of carbonyl (C=O) groups excluding carboxylic acids is 2. The molecule has 27 heavy (non-hydrogen) atoms. The summed E-state index contributed by atoms with van der Waals surface area (Å²) in [5.74, 6) is 0.511. The molecule has 0 spiro atoms. The molecule has 0 aliphatic rings. The Morgan fingerprint density at radius 3 is 2.89 bits per heavy atom. The first-order chi connectivity index (χ1) is 13.1. The lowest BCUT2D eigenvalue weighted by atomic mass is 10.1. The Balaban J connectivity index is 1.44. The number of thiazole rings is 1. The summed E-state index contributed by atoms with van der Waals surface area (Å²) in [5.41, 5.74) is 2.34. The number of ether oxygens (including phenoxy) is 1. The Kier molecular flexibility index (Phi) is 6.56. The molecule has 3 aromatic rings. The molecule has 0 atom stereocenters. The van der Waals surface area contributed by atoms with Crippen LogP contribution in [-0.2, 0) is 17.6 Å². The SMILES string of the molecule is COc1cccc(CCNC(=O)Cc2csc(NC(=O)c3ccsc3)n2)c1. The summed E-state index contributed by atoms with van der Waals surface area (Å²) in [6, 6.07) is 9.52. The van der Waals surface area contributed by atoms with Crippen molar-refractivity contribution in [2.24, 2.45) is 0 Å². The maximum atomic E-state index is 12.1. The van der Waals surface area contributed by atoms with Gasteiger partial charge in [-0.05, 0) is 35.6 Å². The van der Waals surface area contributed by atoms with Crippen LogP contribution < -0.4 is 15.4 Å². The Hall–Kier alpha value is -2.71. The quantitative estimate of drug-likeness (QED) is 0.606. The number of benzene rings is 1. The number of methoxy groups -OCH3 is 1. The first-order valence-corrected chi connectivity index (χ1v) is 10.1. The predicted octanol–water partition coefficient (Wildman–Crippen LogP) is 3.37. The van der Waals surface area contributed by atoms with Crippen LogP contribution in [0.4, 0.5) is 5.13 Å². The molecule has 0 bridgehead atoms. The second-order valence-electron chi connectivity index (χ2n) is 5.74. The number of nitrogens with zero attached hydrogens (tertiary/aromatic N) is 1. The molecule has 1 aromatic carbocycles. The van der Waals surface area contributed by atoms with Gasteiger partial charge < -0.3 is 10.1 Å². The van der Waals surface area contributed by atoms with Crippen LogP contribution in [0, 0.1) is 0 Å². The standard InChI is InChI=1S/C19H19N3O3S2/c1-25-16-4-2-3-13(9-16)5-7-20-17(23)10-15-12-27-19(21-15)22-18(24)14-6-8-26-11-14/h2-4,6,8-9,11-12H,5,7,10H2,1H3,(H,20,23)(H,21,22,24). The van der Waals surface area contributed by atoms with Crippen molar-refractivity contribution in [2.75, 3.05) is 19.0 Å². The minimum atomic E-state index is -0.195. The van der Waals surface area contributed by atoms with Crippen LogP contribution in [0.2, 0.25) is 0 Å². The molecule has 0 saturated heterocycles. The molecule has 140 valence electrons. The average molecular weight is 402 g/mol. The normalized spacial score (nSPS) is 10.4. The lowest BCUT2D eigenvalue weighted by Crippen LogP contribution is -2.27. The van der Waals surface area contributed by atoms with Crippen LogP contribution in [0.15, 0.2) is 46.5 Å². The predicted molar refractivity (Wildman–Crippen MR) is 108 cm³/mol. The van der Waals surface area contributed by atoms with Gasteiger partial charge >= 0.3 is 0 Å². The maximum Gasteiger partial charge on any atom is 0.258 e. The first-order valence-electron chi connectivity index (χ1n) is 8.31. The number of carbonyl (C=O) groups is 2. The zero-order chi connectivity index (χ0) is 19.1. The van der Waals surface area contributed by atoms with Crippen LogP contribution in [0.5, 0.6) is 5.75 Å². The van der Waals surface area contributed by atoms with E-state index >= 15 is 0 Å². The van der Waals surface area contributed by atoms with Gasteiger partial charge in [0.1, 0.15) is 5.75 Å². The second-order valence-corrected chi connectivity index (χ2v) is 7.38. The zero-order valence-corrected chi connectivity index (χ0v) is 16.4. The van der Waals surface area contributed by atoms with E-state index in [2.05, 4.69) is 15.6 Å². The van der Waals surface area contributed by atoms with E-state index < -0.39 is 0 Å². The van der Waals surface area contributed by atoms with E-state index in [4.69, 9.17) is 4.74 Å². The van der Waals surface area contributed by atoms with Gasteiger partial charge in [-0.15, -0.1) is 11.3 Å².